The molecular weight excluding hydrogens is 452 g/mol. The molecule has 0 atom stereocenters. The lowest BCUT2D eigenvalue weighted by Crippen LogP contribution is -2.34. The summed E-state index contributed by atoms with van der Waals surface area (Å²) in [4.78, 5) is 29.8. The van der Waals surface area contributed by atoms with E-state index in [0.717, 1.165) is 34.6 Å². The third-order valence-corrected chi connectivity index (χ3v) is 7.90. The molecule has 178 valence electrons. The van der Waals surface area contributed by atoms with Crippen LogP contribution in [0.4, 0.5) is 5.69 Å². The van der Waals surface area contributed by atoms with Crippen LogP contribution in [-0.4, -0.2) is 17.9 Å². The van der Waals surface area contributed by atoms with Crippen LogP contribution in [0.3, 0.4) is 0 Å². The maximum absolute atomic E-state index is 13.6. The molecule has 3 aromatic carbocycles. The lowest BCUT2D eigenvalue weighted by molar-refractivity contribution is -0.114. The molecule has 3 aromatic rings. The predicted octanol–water partition coefficient (Wildman–Crippen LogP) is 6.66. The Balaban J connectivity index is 1.39. The zero-order chi connectivity index (χ0) is 24.4. The molecule has 4 nitrogen and oxygen atoms in total. The number of anilines is 1. The molecule has 1 aliphatic heterocycles. The van der Waals surface area contributed by atoms with E-state index in [9.17, 15) is 9.59 Å². The van der Waals surface area contributed by atoms with Crippen LogP contribution in [0.15, 0.2) is 76.5 Å². The van der Waals surface area contributed by atoms with Gasteiger partial charge in [-0.15, -0.1) is 0 Å². The van der Waals surface area contributed by atoms with Crippen LogP contribution in [0, 0.1) is 13.8 Å². The van der Waals surface area contributed by atoms with Crippen LogP contribution in [0.5, 0.6) is 0 Å². The van der Waals surface area contributed by atoms with Gasteiger partial charge in [-0.25, -0.2) is 0 Å². The molecule has 0 aromatic heterocycles. The van der Waals surface area contributed by atoms with Crippen molar-refractivity contribution in [3.05, 3.63) is 99.5 Å². The third kappa shape index (κ3) is 5.20. The summed E-state index contributed by atoms with van der Waals surface area (Å²) in [7, 11) is 0. The topological polar surface area (TPSA) is 49.4 Å². The number of hydrogen-bond acceptors (Lipinski definition) is 3. The standard InChI is InChI=1S/C30H30N2O2S/c1-20-11-12-21(2)24(17-20)19-32-26-9-5-6-10-27(26)35-28(30(32)34)18-22-13-15-23(16-14-22)29(33)31-25-7-3-4-8-25/h5-6,9-18,25H,3-4,7-8,19H2,1-2H3,(H,31,33). The highest BCUT2D eigenvalue weighted by Gasteiger charge is 2.29. The molecular formula is C30H30N2O2S. The van der Waals surface area contributed by atoms with Crippen LogP contribution < -0.4 is 10.2 Å². The number of hydrogen-bond donors (Lipinski definition) is 1. The van der Waals surface area contributed by atoms with Gasteiger partial charge in [0.1, 0.15) is 0 Å². The fourth-order valence-corrected chi connectivity index (χ4v) is 5.84. The molecule has 0 saturated heterocycles. The molecule has 0 radical (unpaired) electrons. The zero-order valence-electron chi connectivity index (χ0n) is 20.2. The van der Waals surface area contributed by atoms with E-state index in [0.29, 0.717) is 23.1 Å². The second-order valence-electron chi connectivity index (χ2n) is 9.48. The Morgan fingerprint density at radius 3 is 2.54 bits per heavy atom. The van der Waals surface area contributed by atoms with E-state index < -0.39 is 0 Å². The quantitative estimate of drug-likeness (QED) is 0.414. The van der Waals surface area contributed by atoms with Gasteiger partial charge in [-0.2, -0.15) is 0 Å². The highest BCUT2D eigenvalue weighted by molar-refractivity contribution is 8.04. The van der Waals surface area contributed by atoms with Crippen LogP contribution in [-0.2, 0) is 11.3 Å². The molecule has 1 saturated carbocycles. The molecule has 1 aliphatic carbocycles. The van der Waals surface area contributed by atoms with Crippen molar-refractivity contribution in [2.24, 2.45) is 0 Å². The highest BCUT2D eigenvalue weighted by atomic mass is 32.2. The van der Waals surface area contributed by atoms with Crippen molar-refractivity contribution in [2.45, 2.75) is 57.0 Å². The summed E-state index contributed by atoms with van der Waals surface area (Å²) >= 11 is 1.50. The van der Waals surface area contributed by atoms with E-state index in [4.69, 9.17) is 0 Å². The minimum Gasteiger partial charge on any atom is -0.349 e. The van der Waals surface area contributed by atoms with Gasteiger partial charge in [0, 0.05) is 16.5 Å². The smallest absolute Gasteiger partial charge is 0.265 e. The van der Waals surface area contributed by atoms with Gasteiger partial charge in [-0.1, -0.05) is 72.6 Å². The predicted molar refractivity (Wildman–Crippen MR) is 144 cm³/mol. The lowest BCUT2D eigenvalue weighted by Gasteiger charge is -2.31. The van der Waals surface area contributed by atoms with Crippen molar-refractivity contribution < 1.29 is 9.59 Å². The van der Waals surface area contributed by atoms with E-state index in [1.54, 1.807) is 0 Å². The average Bonchev–Trinajstić information content (AvgIpc) is 3.37. The fourth-order valence-electron chi connectivity index (χ4n) is 4.78. The van der Waals surface area contributed by atoms with E-state index in [1.165, 1.54) is 35.7 Å². The molecule has 1 fully saturated rings. The number of nitrogens with one attached hydrogen (secondary N) is 1. The Bertz CT molecular complexity index is 1290. The van der Waals surface area contributed by atoms with Crippen molar-refractivity contribution in [2.75, 3.05) is 4.90 Å². The van der Waals surface area contributed by atoms with Gasteiger partial charge in [-0.3, -0.25) is 9.59 Å². The first-order valence-corrected chi connectivity index (χ1v) is 13.1. The summed E-state index contributed by atoms with van der Waals surface area (Å²) in [5.41, 5.74) is 6.02. The van der Waals surface area contributed by atoms with Crippen LogP contribution in [0.25, 0.3) is 6.08 Å². The van der Waals surface area contributed by atoms with Gasteiger partial charge in [0.05, 0.1) is 17.1 Å². The van der Waals surface area contributed by atoms with E-state index >= 15 is 0 Å². The summed E-state index contributed by atoms with van der Waals surface area (Å²) in [5.74, 6) is -0.0227. The van der Waals surface area contributed by atoms with Crippen molar-refractivity contribution in [3.8, 4) is 0 Å². The second kappa shape index (κ2) is 10.1. The Hall–Kier alpha value is -3.31. The summed E-state index contributed by atoms with van der Waals surface area (Å²) < 4.78 is 0. The third-order valence-electron chi connectivity index (χ3n) is 6.83. The van der Waals surface area contributed by atoms with Crippen molar-refractivity contribution in [1.82, 2.24) is 5.32 Å². The summed E-state index contributed by atoms with van der Waals surface area (Å²) in [6.07, 6.45) is 6.43. The molecule has 0 bridgehead atoms. The Labute approximate surface area is 211 Å². The van der Waals surface area contributed by atoms with E-state index in [-0.39, 0.29) is 11.8 Å². The number of carbonyl (C=O) groups is 2. The van der Waals surface area contributed by atoms with E-state index in [2.05, 4.69) is 43.4 Å². The minimum atomic E-state index is -0.0205. The van der Waals surface area contributed by atoms with Crippen LogP contribution >= 0.6 is 11.8 Å². The first-order chi connectivity index (χ1) is 17.0. The first kappa shape index (κ1) is 23.4. The van der Waals surface area contributed by atoms with Gasteiger partial charge in [-0.05, 0) is 73.7 Å². The Morgan fingerprint density at radius 1 is 1.03 bits per heavy atom. The maximum Gasteiger partial charge on any atom is 0.265 e. The first-order valence-electron chi connectivity index (χ1n) is 12.3. The molecule has 5 rings (SSSR count). The minimum absolute atomic E-state index is 0.00217. The monoisotopic (exact) mass is 482 g/mol. The Morgan fingerprint density at radius 2 is 1.77 bits per heavy atom. The molecule has 1 N–H and O–H groups in total. The Kier molecular flexibility index (Phi) is 6.78. The number of thioether (sulfide) groups is 1. The van der Waals surface area contributed by atoms with E-state index in [1.807, 2.05) is 53.4 Å². The number of aryl methyl sites for hydroxylation is 2. The molecule has 0 unspecified atom stereocenters. The largest absolute Gasteiger partial charge is 0.349 e. The number of benzene rings is 3. The molecule has 0 spiro atoms. The molecule has 2 aliphatic rings. The average molecular weight is 483 g/mol. The molecule has 35 heavy (non-hydrogen) atoms. The van der Waals surface area contributed by atoms with Gasteiger partial charge >= 0.3 is 0 Å². The number of amides is 2. The lowest BCUT2D eigenvalue weighted by atomic mass is 10.0. The highest BCUT2D eigenvalue weighted by Crippen LogP contribution is 2.42. The van der Waals surface area contributed by atoms with Crippen LogP contribution in [0.1, 0.15) is 58.3 Å². The SMILES string of the molecule is Cc1ccc(C)c(CN2C(=O)C(=Cc3ccc(C(=O)NC4CCCC4)cc3)Sc3ccccc32)c1. The molecule has 1 heterocycles. The normalized spacial score (nSPS) is 17.0. The van der Waals surface area contributed by atoms with Gasteiger partial charge in [0.2, 0.25) is 0 Å². The maximum atomic E-state index is 13.6. The number of rotatable bonds is 5. The second-order valence-corrected chi connectivity index (χ2v) is 10.6. The van der Waals surface area contributed by atoms with Crippen molar-refractivity contribution in [3.63, 3.8) is 0 Å². The molecule has 2 amide bonds. The van der Waals surface area contributed by atoms with Gasteiger partial charge < -0.3 is 10.2 Å². The summed E-state index contributed by atoms with van der Waals surface area (Å²) in [6, 6.07) is 22.2. The number of carbonyl (C=O) groups excluding carboxylic acids is 2. The fraction of sp³-hybridized carbons (Fsp3) is 0.267. The van der Waals surface area contributed by atoms with Gasteiger partial charge in [0.15, 0.2) is 0 Å². The zero-order valence-corrected chi connectivity index (χ0v) is 21.0. The van der Waals surface area contributed by atoms with Crippen molar-refractivity contribution in [1.29, 1.82) is 0 Å². The van der Waals surface area contributed by atoms with Gasteiger partial charge in [0.25, 0.3) is 11.8 Å². The number of fused-ring (bicyclic) bond motifs is 1. The molecule has 5 heteroatoms. The number of para-hydroxylation sites is 1. The van der Waals surface area contributed by atoms with Crippen LogP contribution in [0.2, 0.25) is 0 Å². The summed E-state index contributed by atoms with van der Waals surface area (Å²) in [6.45, 7) is 4.69. The number of nitrogens with zero attached hydrogens (tertiary/aromatic N) is 1. The van der Waals surface area contributed by atoms with Crippen molar-refractivity contribution >= 4 is 35.3 Å². The summed E-state index contributed by atoms with van der Waals surface area (Å²) in [5, 5.41) is 3.13.